The second-order valence-electron chi connectivity index (χ2n) is 6.48. The van der Waals surface area contributed by atoms with Crippen molar-refractivity contribution in [3.63, 3.8) is 0 Å². The summed E-state index contributed by atoms with van der Waals surface area (Å²) in [4.78, 5) is 23.0. The molecular formula is C21H17ClFN3O5S. The maximum absolute atomic E-state index is 13.0. The van der Waals surface area contributed by atoms with Gasteiger partial charge in [-0.25, -0.2) is 12.8 Å². The highest BCUT2D eigenvalue weighted by Gasteiger charge is 2.17. The Labute approximate surface area is 188 Å². The second-order valence-corrected chi connectivity index (χ2v) is 8.57. The molecule has 0 aliphatic rings. The van der Waals surface area contributed by atoms with Gasteiger partial charge >= 0.3 is 0 Å². The lowest BCUT2D eigenvalue weighted by Gasteiger charge is -2.12. The molecule has 3 aromatic carbocycles. The van der Waals surface area contributed by atoms with E-state index in [1.807, 2.05) is 0 Å². The summed E-state index contributed by atoms with van der Waals surface area (Å²) in [6.45, 7) is -0.392. The Morgan fingerprint density at radius 3 is 2.19 bits per heavy atom. The van der Waals surface area contributed by atoms with E-state index >= 15 is 0 Å². The van der Waals surface area contributed by atoms with Crippen LogP contribution in [-0.4, -0.2) is 26.8 Å². The van der Waals surface area contributed by atoms with Gasteiger partial charge in [0.1, 0.15) is 11.6 Å². The molecule has 0 fully saturated rings. The first-order chi connectivity index (χ1) is 15.1. The van der Waals surface area contributed by atoms with Gasteiger partial charge in [-0.15, -0.1) is 0 Å². The Bertz CT molecular complexity index is 1250. The molecule has 0 aliphatic carbocycles. The number of rotatable bonds is 8. The standard InChI is InChI=1S/C21H17ClFN3O5S/c22-18-11-17(32(29,30)26-16-7-3-14(23)4-8-16)9-10-19(18)31-12-20(27)25-15-5-1-13(2-6-15)21(24)28/h1-11,26H,12H2,(H2,24,28)(H,25,27). The molecule has 11 heteroatoms. The third-order valence-corrected chi connectivity index (χ3v) is 5.80. The smallest absolute Gasteiger partial charge is 0.262 e. The van der Waals surface area contributed by atoms with Crippen molar-refractivity contribution in [1.82, 2.24) is 0 Å². The summed E-state index contributed by atoms with van der Waals surface area (Å²) < 4.78 is 45.6. The molecule has 3 rings (SSSR count). The maximum Gasteiger partial charge on any atom is 0.262 e. The third kappa shape index (κ3) is 5.96. The van der Waals surface area contributed by atoms with Gasteiger partial charge in [0.25, 0.3) is 15.9 Å². The first-order valence-corrected chi connectivity index (χ1v) is 10.9. The minimum absolute atomic E-state index is 0.0226. The zero-order valence-corrected chi connectivity index (χ0v) is 17.9. The van der Waals surface area contributed by atoms with Gasteiger partial charge in [-0.3, -0.25) is 14.3 Å². The van der Waals surface area contributed by atoms with Crippen LogP contribution in [0, 0.1) is 5.82 Å². The summed E-state index contributed by atoms with van der Waals surface area (Å²) in [6.07, 6.45) is 0. The molecule has 32 heavy (non-hydrogen) atoms. The van der Waals surface area contributed by atoms with Crippen LogP contribution in [0.15, 0.2) is 71.6 Å². The Hall–Kier alpha value is -3.63. The molecule has 0 radical (unpaired) electrons. The predicted molar refractivity (Wildman–Crippen MR) is 118 cm³/mol. The Morgan fingerprint density at radius 1 is 0.969 bits per heavy atom. The highest BCUT2D eigenvalue weighted by molar-refractivity contribution is 7.92. The van der Waals surface area contributed by atoms with Crippen molar-refractivity contribution >= 4 is 44.8 Å². The summed E-state index contributed by atoms with van der Waals surface area (Å²) in [5.41, 5.74) is 6.08. The van der Waals surface area contributed by atoms with Crippen molar-refractivity contribution in [1.29, 1.82) is 0 Å². The number of anilines is 2. The molecule has 2 amide bonds. The highest BCUT2D eigenvalue weighted by Crippen LogP contribution is 2.28. The van der Waals surface area contributed by atoms with Gasteiger partial charge in [-0.2, -0.15) is 0 Å². The fraction of sp³-hybridized carbons (Fsp3) is 0.0476. The van der Waals surface area contributed by atoms with E-state index in [9.17, 15) is 22.4 Å². The van der Waals surface area contributed by atoms with Crippen LogP contribution < -0.4 is 20.5 Å². The van der Waals surface area contributed by atoms with Crippen LogP contribution in [0.25, 0.3) is 0 Å². The van der Waals surface area contributed by atoms with Crippen molar-refractivity contribution in [2.24, 2.45) is 5.73 Å². The molecule has 4 N–H and O–H groups in total. The van der Waals surface area contributed by atoms with Crippen LogP contribution in [0.4, 0.5) is 15.8 Å². The number of carbonyl (C=O) groups is 2. The number of carbonyl (C=O) groups excluding carboxylic acids is 2. The van der Waals surface area contributed by atoms with E-state index in [1.165, 1.54) is 54.6 Å². The number of nitrogens with two attached hydrogens (primary N) is 1. The summed E-state index contributed by atoms with van der Waals surface area (Å²) in [5.74, 6) is -1.47. The number of hydrogen-bond donors (Lipinski definition) is 3. The van der Waals surface area contributed by atoms with Crippen molar-refractivity contribution in [2.45, 2.75) is 4.90 Å². The lowest BCUT2D eigenvalue weighted by molar-refractivity contribution is -0.118. The molecular weight excluding hydrogens is 461 g/mol. The van der Waals surface area contributed by atoms with Gasteiger partial charge in [0.15, 0.2) is 6.61 Å². The number of amides is 2. The number of hydrogen-bond acceptors (Lipinski definition) is 5. The zero-order valence-electron chi connectivity index (χ0n) is 16.3. The first kappa shape index (κ1) is 23.0. The van der Waals surface area contributed by atoms with Crippen molar-refractivity contribution < 1.29 is 27.1 Å². The molecule has 0 spiro atoms. The van der Waals surface area contributed by atoms with E-state index in [1.54, 1.807) is 0 Å². The monoisotopic (exact) mass is 477 g/mol. The Balaban J connectivity index is 1.61. The molecule has 0 unspecified atom stereocenters. The van der Waals surface area contributed by atoms with Gasteiger partial charge in [0, 0.05) is 16.9 Å². The van der Waals surface area contributed by atoms with Crippen LogP contribution in [0.3, 0.4) is 0 Å². The van der Waals surface area contributed by atoms with E-state index in [-0.39, 0.29) is 21.4 Å². The quantitative estimate of drug-likeness (QED) is 0.458. The second kappa shape index (κ2) is 9.67. The largest absolute Gasteiger partial charge is 0.482 e. The Kier molecular flexibility index (Phi) is 6.96. The van der Waals surface area contributed by atoms with Gasteiger partial charge in [0.2, 0.25) is 5.91 Å². The number of benzene rings is 3. The molecule has 0 bridgehead atoms. The number of nitrogens with one attached hydrogen (secondary N) is 2. The van der Waals surface area contributed by atoms with E-state index in [0.29, 0.717) is 11.3 Å². The van der Waals surface area contributed by atoms with Crippen molar-refractivity contribution in [3.05, 3.63) is 83.1 Å². The number of sulfonamides is 1. The molecule has 0 atom stereocenters. The minimum atomic E-state index is -3.97. The molecule has 3 aromatic rings. The maximum atomic E-state index is 13.0. The van der Waals surface area contributed by atoms with Crippen LogP contribution in [-0.2, 0) is 14.8 Å². The van der Waals surface area contributed by atoms with Gasteiger partial charge in [-0.05, 0) is 66.7 Å². The van der Waals surface area contributed by atoms with Gasteiger partial charge in [0.05, 0.1) is 9.92 Å². The number of primary amides is 1. The van der Waals surface area contributed by atoms with Crippen molar-refractivity contribution in [3.8, 4) is 5.75 Å². The van der Waals surface area contributed by atoms with Crippen LogP contribution >= 0.6 is 11.6 Å². The van der Waals surface area contributed by atoms with Crippen molar-refractivity contribution in [2.75, 3.05) is 16.6 Å². The normalized spacial score (nSPS) is 10.9. The van der Waals surface area contributed by atoms with Crippen LogP contribution in [0.5, 0.6) is 5.75 Å². The third-order valence-electron chi connectivity index (χ3n) is 4.12. The van der Waals surface area contributed by atoms with E-state index in [4.69, 9.17) is 22.1 Å². The molecule has 8 nitrogen and oxygen atoms in total. The average Bonchev–Trinajstić information content (AvgIpc) is 2.74. The SMILES string of the molecule is NC(=O)c1ccc(NC(=O)COc2ccc(S(=O)(=O)Nc3ccc(F)cc3)cc2Cl)cc1. The predicted octanol–water partition coefficient (Wildman–Crippen LogP) is 3.40. The molecule has 0 aromatic heterocycles. The average molecular weight is 478 g/mol. The molecule has 0 heterocycles. The molecule has 166 valence electrons. The minimum Gasteiger partial charge on any atom is -0.482 e. The van der Waals surface area contributed by atoms with E-state index in [0.717, 1.165) is 12.1 Å². The Morgan fingerprint density at radius 2 is 1.59 bits per heavy atom. The van der Waals surface area contributed by atoms with E-state index < -0.39 is 34.3 Å². The number of ether oxygens (including phenoxy) is 1. The molecule has 0 saturated heterocycles. The van der Waals surface area contributed by atoms with Crippen LogP contribution in [0.1, 0.15) is 10.4 Å². The van der Waals surface area contributed by atoms with Gasteiger partial charge in [-0.1, -0.05) is 11.6 Å². The first-order valence-electron chi connectivity index (χ1n) is 9.04. The van der Waals surface area contributed by atoms with Gasteiger partial charge < -0.3 is 15.8 Å². The molecule has 0 aliphatic heterocycles. The summed E-state index contributed by atoms with van der Waals surface area (Å²) >= 11 is 6.11. The highest BCUT2D eigenvalue weighted by atomic mass is 35.5. The van der Waals surface area contributed by atoms with Crippen LogP contribution in [0.2, 0.25) is 5.02 Å². The summed E-state index contributed by atoms with van der Waals surface area (Å²) in [5, 5.41) is 2.55. The summed E-state index contributed by atoms with van der Waals surface area (Å²) in [7, 11) is -3.97. The zero-order chi connectivity index (χ0) is 23.3. The lowest BCUT2D eigenvalue weighted by atomic mass is 10.2. The molecule has 0 saturated carbocycles. The number of halogens is 2. The fourth-order valence-corrected chi connectivity index (χ4v) is 3.94. The topological polar surface area (TPSA) is 128 Å². The fourth-order valence-electron chi connectivity index (χ4n) is 2.56. The lowest BCUT2D eigenvalue weighted by Crippen LogP contribution is -2.20. The van der Waals surface area contributed by atoms with E-state index in [2.05, 4.69) is 10.0 Å². The summed E-state index contributed by atoms with van der Waals surface area (Å²) in [6, 6.07) is 14.5.